The van der Waals surface area contributed by atoms with Gasteiger partial charge in [0.2, 0.25) is 0 Å². The highest BCUT2D eigenvalue weighted by atomic mass is 16.5. The van der Waals surface area contributed by atoms with Gasteiger partial charge in [-0.2, -0.15) is 0 Å². The van der Waals surface area contributed by atoms with E-state index in [2.05, 4.69) is 6.92 Å². The number of Topliss-reactive ketones (excluding diaryl/α,β-unsaturated/α-hetero) is 1. The van der Waals surface area contributed by atoms with Crippen LogP contribution >= 0.6 is 0 Å². The predicted octanol–water partition coefficient (Wildman–Crippen LogP) is 4.91. The van der Waals surface area contributed by atoms with E-state index >= 15 is 0 Å². The summed E-state index contributed by atoms with van der Waals surface area (Å²) in [6.45, 7) is 3.02. The van der Waals surface area contributed by atoms with Crippen molar-refractivity contribution in [1.29, 1.82) is 0 Å². The Morgan fingerprint density at radius 2 is 1.60 bits per heavy atom. The first-order valence-electron chi connectivity index (χ1n) is 7.96. The minimum atomic E-state index is 0.231. The largest absolute Gasteiger partial charge is 0.369 e. The number of rotatable bonds is 12. The van der Waals surface area contributed by atoms with Gasteiger partial charge in [0.15, 0.2) is 5.78 Å². The van der Waals surface area contributed by atoms with Crippen LogP contribution in [-0.4, -0.2) is 12.4 Å². The molecule has 20 heavy (non-hydrogen) atoms. The van der Waals surface area contributed by atoms with Crippen molar-refractivity contribution < 1.29 is 9.53 Å². The molecule has 0 saturated heterocycles. The molecule has 0 amide bonds. The predicted molar refractivity (Wildman–Crippen MR) is 83.7 cm³/mol. The van der Waals surface area contributed by atoms with Crippen LogP contribution in [0.25, 0.3) is 0 Å². The maximum Gasteiger partial charge on any atom is 0.158 e. The summed E-state index contributed by atoms with van der Waals surface area (Å²) >= 11 is 0. The zero-order valence-electron chi connectivity index (χ0n) is 12.8. The smallest absolute Gasteiger partial charge is 0.158 e. The summed E-state index contributed by atoms with van der Waals surface area (Å²) in [6, 6.07) is 9.98. The van der Waals surface area contributed by atoms with E-state index in [-0.39, 0.29) is 12.4 Å². The molecule has 0 heterocycles. The Kier molecular flexibility index (Phi) is 9.85. The van der Waals surface area contributed by atoms with Crippen LogP contribution in [0, 0.1) is 0 Å². The average molecular weight is 276 g/mol. The van der Waals surface area contributed by atoms with Gasteiger partial charge in [0.1, 0.15) is 6.61 Å². The number of ketones is 1. The van der Waals surface area contributed by atoms with Gasteiger partial charge in [-0.05, 0) is 12.0 Å². The standard InChI is InChI=1S/C18H28O2/c1-2-3-4-5-6-7-11-14-18(19)16-20-15-17-12-9-8-10-13-17/h8-10,12-13H,2-7,11,14-16H2,1H3. The molecule has 0 N–H and O–H groups in total. The van der Waals surface area contributed by atoms with Crippen molar-refractivity contribution >= 4 is 5.78 Å². The second-order valence-electron chi connectivity index (χ2n) is 5.39. The van der Waals surface area contributed by atoms with E-state index in [1.54, 1.807) is 0 Å². The first-order valence-corrected chi connectivity index (χ1v) is 7.96. The quantitative estimate of drug-likeness (QED) is 0.507. The Balaban J connectivity index is 1.93. The summed E-state index contributed by atoms with van der Waals surface area (Å²) in [5.74, 6) is 0.231. The van der Waals surface area contributed by atoms with Crippen molar-refractivity contribution in [2.75, 3.05) is 6.61 Å². The Morgan fingerprint density at radius 3 is 2.30 bits per heavy atom. The number of carbonyl (C=O) groups excluding carboxylic acids is 1. The van der Waals surface area contributed by atoms with Crippen molar-refractivity contribution in [2.45, 2.75) is 64.9 Å². The van der Waals surface area contributed by atoms with Crippen LogP contribution in [-0.2, 0) is 16.1 Å². The third-order valence-corrected chi connectivity index (χ3v) is 3.43. The van der Waals surface area contributed by atoms with Gasteiger partial charge in [-0.3, -0.25) is 4.79 Å². The fourth-order valence-corrected chi connectivity index (χ4v) is 2.21. The van der Waals surface area contributed by atoms with Crippen molar-refractivity contribution in [3.05, 3.63) is 35.9 Å². The number of unbranched alkanes of at least 4 members (excludes halogenated alkanes) is 6. The van der Waals surface area contributed by atoms with Gasteiger partial charge in [0.25, 0.3) is 0 Å². The molecule has 1 aromatic carbocycles. The lowest BCUT2D eigenvalue weighted by Gasteiger charge is -2.04. The first-order chi connectivity index (χ1) is 9.83. The molecule has 1 aromatic rings. The van der Waals surface area contributed by atoms with E-state index in [0.717, 1.165) is 12.0 Å². The maximum atomic E-state index is 11.6. The molecule has 0 aromatic heterocycles. The van der Waals surface area contributed by atoms with Crippen LogP contribution < -0.4 is 0 Å². The van der Waals surface area contributed by atoms with Crippen molar-refractivity contribution in [3.8, 4) is 0 Å². The van der Waals surface area contributed by atoms with E-state index in [1.807, 2.05) is 30.3 Å². The van der Waals surface area contributed by atoms with Crippen LogP contribution in [0.5, 0.6) is 0 Å². The fraction of sp³-hybridized carbons (Fsp3) is 0.611. The molecule has 0 unspecified atom stereocenters. The van der Waals surface area contributed by atoms with Crippen LogP contribution in [0.3, 0.4) is 0 Å². The van der Waals surface area contributed by atoms with E-state index in [4.69, 9.17) is 4.74 Å². The van der Waals surface area contributed by atoms with Crippen LogP contribution in [0.2, 0.25) is 0 Å². The number of ether oxygens (including phenoxy) is 1. The molecule has 0 bridgehead atoms. The maximum absolute atomic E-state index is 11.6. The SMILES string of the molecule is CCCCCCCCCC(=O)COCc1ccccc1. The van der Waals surface area contributed by atoms with Gasteiger partial charge in [-0.25, -0.2) is 0 Å². The average Bonchev–Trinajstić information content (AvgIpc) is 2.47. The summed E-state index contributed by atoms with van der Waals surface area (Å²) in [7, 11) is 0. The highest BCUT2D eigenvalue weighted by molar-refractivity contribution is 5.79. The summed E-state index contributed by atoms with van der Waals surface area (Å²) in [6.07, 6.45) is 9.40. The van der Waals surface area contributed by atoms with Gasteiger partial charge in [0, 0.05) is 6.42 Å². The minimum Gasteiger partial charge on any atom is -0.369 e. The highest BCUT2D eigenvalue weighted by Gasteiger charge is 2.02. The van der Waals surface area contributed by atoms with Gasteiger partial charge in [-0.1, -0.05) is 75.8 Å². The summed E-state index contributed by atoms with van der Waals surface area (Å²) in [5.41, 5.74) is 1.12. The van der Waals surface area contributed by atoms with Crippen molar-refractivity contribution in [1.82, 2.24) is 0 Å². The van der Waals surface area contributed by atoms with Crippen LogP contribution in [0.1, 0.15) is 63.9 Å². The van der Waals surface area contributed by atoms with Crippen molar-refractivity contribution in [3.63, 3.8) is 0 Å². The van der Waals surface area contributed by atoms with Crippen LogP contribution in [0.15, 0.2) is 30.3 Å². The normalized spacial score (nSPS) is 10.7. The third kappa shape index (κ3) is 8.87. The van der Waals surface area contributed by atoms with Gasteiger partial charge >= 0.3 is 0 Å². The third-order valence-electron chi connectivity index (χ3n) is 3.43. The fourth-order valence-electron chi connectivity index (χ4n) is 2.21. The second kappa shape index (κ2) is 11.7. The van der Waals surface area contributed by atoms with Gasteiger partial charge in [0.05, 0.1) is 6.61 Å². The zero-order chi connectivity index (χ0) is 14.5. The van der Waals surface area contributed by atoms with E-state index in [0.29, 0.717) is 13.0 Å². The molecule has 0 aliphatic heterocycles. The Labute approximate surface area is 123 Å². The summed E-state index contributed by atoms with van der Waals surface area (Å²) in [4.78, 5) is 11.6. The number of hydrogen-bond donors (Lipinski definition) is 0. The molecule has 2 heteroatoms. The Bertz CT molecular complexity index is 346. The van der Waals surface area contributed by atoms with Gasteiger partial charge < -0.3 is 4.74 Å². The lowest BCUT2D eigenvalue weighted by molar-refractivity contribution is -0.124. The molecular weight excluding hydrogens is 248 g/mol. The molecule has 0 aliphatic carbocycles. The highest BCUT2D eigenvalue weighted by Crippen LogP contribution is 2.09. The van der Waals surface area contributed by atoms with Gasteiger partial charge in [-0.15, -0.1) is 0 Å². The Morgan fingerprint density at radius 1 is 0.950 bits per heavy atom. The van der Waals surface area contributed by atoms with E-state index in [1.165, 1.54) is 38.5 Å². The molecule has 0 atom stereocenters. The lowest BCUT2D eigenvalue weighted by Crippen LogP contribution is -2.08. The monoisotopic (exact) mass is 276 g/mol. The number of hydrogen-bond acceptors (Lipinski definition) is 2. The molecule has 112 valence electrons. The lowest BCUT2D eigenvalue weighted by atomic mass is 10.1. The van der Waals surface area contributed by atoms with E-state index in [9.17, 15) is 4.79 Å². The molecule has 0 spiro atoms. The molecule has 0 saturated carbocycles. The molecule has 0 fully saturated rings. The topological polar surface area (TPSA) is 26.3 Å². The number of carbonyl (C=O) groups is 1. The number of benzene rings is 1. The van der Waals surface area contributed by atoms with Crippen molar-refractivity contribution in [2.24, 2.45) is 0 Å². The molecule has 0 aliphatic rings. The summed E-state index contributed by atoms with van der Waals surface area (Å²) < 4.78 is 5.44. The minimum absolute atomic E-state index is 0.231. The molecule has 1 rings (SSSR count). The molecule has 2 nitrogen and oxygen atoms in total. The first kappa shape index (κ1) is 16.9. The second-order valence-corrected chi connectivity index (χ2v) is 5.39. The van der Waals surface area contributed by atoms with Crippen LogP contribution in [0.4, 0.5) is 0 Å². The molecule has 0 radical (unpaired) electrons. The molecular formula is C18H28O2. The van der Waals surface area contributed by atoms with E-state index < -0.39 is 0 Å². The zero-order valence-corrected chi connectivity index (χ0v) is 12.8. The Hall–Kier alpha value is -1.15. The summed E-state index contributed by atoms with van der Waals surface area (Å²) in [5, 5.41) is 0.